The molecule has 55 heavy (non-hydrogen) atoms. The van der Waals surface area contributed by atoms with Crippen LogP contribution in [0.3, 0.4) is 0 Å². The molecule has 2 N–H and O–H groups in total. The predicted octanol–water partition coefficient (Wildman–Crippen LogP) is 4.43. The minimum absolute atomic E-state index is 0.0160. The number of hydrogen-bond donors (Lipinski definition) is 2. The first kappa shape index (κ1) is 38.8. The van der Waals surface area contributed by atoms with Crippen molar-refractivity contribution in [3.8, 4) is 11.8 Å². The molecule has 14 nitrogen and oxygen atoms in total. The maximum atomic E-state index is 13.4. The Morgan fingerprint density at radius 1 is 1.05 bits per heavy atom. The van der Waals surface area contributed by atoms with Crippen LogP contribution in [0.15, 0.2) is 48.8 Å². The van der Waals surface area contributed by atoms with Crippen LogP contribution in [0.5, 0.6) is 5.75 Å². The second-order valence-corrected chi connectivity index (χ2v) is 14.4. The van der Waals surface area contributed by atoms with Crippen LogP contribution in [-0.4, -0.2) is 99.4 Å². The van der Waals surface area contributed by atoms with Gasteiger partial charge in [0.05, 0.1) is 46.4 Å². The van der Waals surface area contributed by atoms with E-state index in [4.69, 9.17) is 15.4 Å². The number of hydrogen-bond acceptors (Lipinski definition) is 11. The summed E-state index contributed by atoms with van der Waals surface area (Å²) >= 11 is 0. The van der Waals surface area contributed by atoms with E-state index in [-0.39, 0.29) is 47.6 Å². The summed E-state index contributed by atoms with van der Waals surface area (Å²) in [5, 5.41) is 23.3. The van der Waals surface area contributed by atoms with Crippen LogP contribution in [0, 0.1) is 16.7 Å². The number of carbonyl (C=O) groups is 5. The van der Waals surface area contributed by atoms with Gasteiger partial charge in [-0.3, -0.25) is 33.7 Å². The summed E-state index contributed by atoms with van der Waals surface area (Å²) < 4.78 is 47.9. The molecule has 288 valence electrons. The van der Waals surface area contributed by atoms with Crippen LogP contribution >= 0.6 is 0 Å². The number of nitrogens with one attached hydrogen (secondary N) is 2. The average Bonchev–Trinajstić information content (AvgIpc) is 3.73. The molecule has 6 rings (SSSR count). The van der Waals surface area contributed by atoms with Gasteiger partial charge in [0.25, 0.3) is 17.7 Å². The summed E-state index contributed by atoms with van der Waals surface area (Å²) in [6, 6.07) is 8.19. The minimum Gasteiger partial charge on any atom is -0.490 e. The highest BCUT2D eigenvalue weighted by molar-refractivity contribution is 6.32. The molecule has 1 aromatic heterocycles. The average molecular weight is 761 g/mol. The number of ketones is 2. The lowest BCUT2D eigenvalue weighted by molar-refractivity contribution is -0.137. The number of carbonyl (C=O) groups excluding carboxylic acids is 5. The lowest BCUT2D eigenvalue weighted by atomic mass is 9.87. The Labute approximate surface area is 314 Å². The zero-order valence-electron chi connectivity index (χ0n) is 30.4. The second-order valence-electron chi connectivity index (χ2n) is 14.4. The number of nitrogens with zero attached hydrogens (tertiary/aromatic N) is 6. The number of Topliss-reactive ketones (excluding diaryl/α,β-unsaturated/α-hetero) is 2. The number of piperazine rings is 1. The predicted molar refractivity (Wildman–Crippen MR) is 192 cm³/mol. The summed E-state index contributed by atoms with van der Waals surface area (Å²) in [7, 11) is 0. The van der Waals surface area contributed by atoms with Crippen LogP contribution in [-0.2, 0) is 26.1 Å². The summed E-state index contributed by atoms with van der Waals surface area (Å²) in [5.74, 6) is -2.41. The molecule has 0 radical (unpaired) electrons. The fourth-order valence-electron chi connectivity index (χ4n) is 7.02. The van der Waals surface area contributed by atoms with E-state index in [2.05, 4.69) is 20.2 Å². The quantitative estimate of drug-likeness (QED) is 0.187. The van der Waals surface area contributed by atoms with E-state index in [1.165, 1.54) is 35.9 Å². The third-order valence-corrected chi connectivity index (χ3v) is 10.4. The third-order valence-electron chi connectivity index (χ3n) is 10.4. The standard InChI is InChI=1S/C38H39F3N8O6/c1-22(50)4-9-32(33(51)19-43)49-34(52)29-8-7-27(17-30(29)35(49)53)55-28-15-25(16-28)46-10-12-47(13-11-46)26-20-44-48(21-26)37(2,3)36(54)45-24-6-5-23(18-42)31(14-24)38(39,40)41/h5-8,14,17,19-21,25,28,32,43H,4,9-13,15-16H2,1-3H3,(H,45,54). The molecule has 0 spiro atoms. The Hall–Kier alpha value is -5.89. The second kappa shape index (κ2) is 15.1. The molecule has 1 atom stereocenters. The zero-order valence-corrected chi connectivity index (χ0v) is 30.4. The third kappa shape index (κ3) is 7.86. The van der Waals surface area contributed by atoms with Gasteiger partial charge in [-0.2, -0.15) is 23.5 Å². The number of rotatable bonds is 13. The van der Waals surface area contributed by atoms with Crippen molar-refractivity contribution in [2.24, 2.45) is 0 Å². The molecule has 0 bridgehead atoms. The molecule has 2 aromatic carbocycles. The SMILES string of the molecule is CC(=O)CCC(C(=O)C=N)N1C(=O)c2ccc(OC3CC(N4CCN(c5cnn(C(C)(C)C(=O)Nc6ccc(C#N)c(C(F)(F)F)c6)c5)CC4)C3)cc2C1=O. The Balaban J connectivity index is 0.999. The van der Waals surface area contributed by atoms with Gasteiger partial charge in [0, 0.05) is 63.4 Å². The van der Waals surface area contributed by atoms with E-state index < -0.39 is 52.4 Å². The molecule has 1 aliphatic carbocycles. The molecule has 1 unspecified atom stereocenters. The number of nitriles is 1. The minimum atomic E-state index is -4.76. The smallest absolute Gasteiger partial charge is 0.417 e. The molecule has 2 aliphatic heterocycles. The normalized spacial score (nSPS) is 19.3. The number of amides is 3. The number of imide groups is 1. The molecule has 1 saturated heterocycles. The molecule has 3 amide bonds. The number of benzene rings is 2. The molecule has 3 aromatic rings. The number of alkyl halides is 3. The van der Waals surface area contributed by atoms with E-state index >= 15 is 0 Å². The lowest BCUT2D eigenvalue weighted by Gasteiger charge is -2.46. The Bertz CT molecular complexity index is 2090. The van der Waals surface area contributed by atoms with Gasteiger partial charge < -0.3 is 25.2 Å². The van der Waals surface area contributed by atoms with E-state index in [1.807, 2.05) is 0 Å². The first-order chi connectivity index (χ1) is 26.0. The maximum Gasteiger partial charge on any atom is 0.417 e. The van der Waals surface area contributed by atoms with E-state index in [0.717, 1.165) is 48.7 Å². The van der Waals surface area contributed by atoms with Gasteiger partial charge >= 0.3 is 6.18 Å². The Morgan fingerprint density at radius 2 is 1.75 bits per heavy atom. The molecule has 3 heterocycles. The first-order valence-corrected chi connectivity index (χ1v) is 17.7. The lowest BCUT2D eigenvalue weighted by Crippen LogP contribution is -2.56. The van der Waals surface area contributed by atoms with E-state index in [0.29, 0.717) is 25.1 Å². The van der Waals surface area contributed by atoms with Crippen molar-refractivity contribution in [1.29, 1.82) is 10.7 Å². The van der Waals surface area contributed by atoms with Crippen molar-refractivity contribution in [3.63, 3.8) is 0 Å². The van der Waals surface area contributed by atoms with Crippen molar-refractivity contribution in [3.05, 3.63) is 71.0 Å². The number of anilines is 2. The summed E-state index contributed by atoms with van der Waals surface area (Å²) in [6.45, 7) is 7.46. The van der Waals surface area contributed by atoms with Gasteiger partial charge in [0.2, 0.25) is 0 Å². The Kier molecular flexibility index (Phi) is 10.7. The van der Waals surface area contributed by atoms with Crippen molar-refractivity contribution >= 4 is 46.9 Å². The zero-order chi connectivity index (χ0) is 39.8. The maximum absolute atomic E-state index is 13.4. The van der Waals surface area contributed by atoms with Crippen LogP contribution in [0.25, 0.3) is 0 Å². The fourth-order valence-corrected chi connectivity index (χ4v) is 7.02. The van der Waals surface area contributed by atoms with Gasteiger partial charge in [-0.15, -0.1) is 0 Å². The highest BCUT2D eigenvalue weighted by atomic mass is 19.4. The van der Waals surface area contributed by atoms with Crippen LogP contribution in [0.1, 0.15) is 78.3 Å². The van der Waals surface area contributed by atoms with E-state index in [1.54, 1.807) is 32.3 Å². The molecule has 17 heteroatoms. The number of fused-ring (bicyclic) bond motifs is 1. The van der Waals surface area contributed by atoms with Crippen molar-refractivity contribution in [1.82, 2.24) is 19.6 Å². The molecule has 1 saturated carbocycles. The van der Waals surface area contributed by atoms with Crippen molar-refractivity contribution in [2.75, 3.05) is 36.4 Å². The molecule has 2 fully saturated rings. The fraction of sp³-hybridized carbons (Fsp3) is 0.421. The first-order valence-electron chi connectivity index (χ1n) is 17.7. The highest BCUT2D eigenvalue weighted by Gasteiger charge is 2.43. The molecular formula is C38H39F3N8O6. The van der Waals surface area contributed by atoms with Gasteiger partial charge in [-0.05, 0) is 63.6 Å². The largest absolute Gasteiger partial charge is 0.490 e. The molecule has 3 aliphatic rings. The summed E-state index contributed by atoms with van der Waals surface area (Å²) in [4.78, 5) is 69.0. The van der Waals surface area contributed by atoms with Gasteiger partial charge in [-0.25, -0.2) is 0 Å². The topological polar surface area (TPSA) is 182 Å². The van der Waals surface area contributed by atoms with Crippen LogP contribution in [0.4, 0.5) is 24.5 Å². The van der Waals surface area contributed by atoms with Gasteiger partial charge in [-0.1, -0.05) is 0 Å². The van der Waals surface area contributed by atoms with Gasteiger partial charge in [0.1, 0.15) is 29.2 Å². The molecular weight excluding hydrogens is 721 g/mol. The Morgan fingerprint density at radius 3 is 2.38 bits per heavy atom. The van der Waals surface area contributed by atoms with Crippen LogP contribution < -0.4 is 15.0 Å². The summed E-state index contributed by atoms with van der Waals surface area (Å²) in [5.41, 5.74) is -1.98. The number of halogens is 3. The summed E-state index contributed by atoms with van der Waals surface area (Å²) in [6.07, 6.45) is 0.498. The number of aromatic nitrogens is 2. The highest BCUT2D eigenvalue weighted by Crippen LogP contribution is 2.36. The monoisotopic (exact) mass is 760 g/mol. The van der Waals surface area contributed by atoms with Crippen LogP contribution in [0.2, 0.25) is 0 Å². The number of ether oxygens (including phenoxy) is 1. The van der Waals surface area contributed by atoms with Gasteiger partial charge in [0.15, 0.2) is 5.78 Å². The van der Waals surface area contributed by atoms with Crippen molar-refractivity contribution < 1.29 is 41.9 Å². The van der Waals surface area contributed by atoms with E-state index in [9.17, 15) is 37.1 Å². The van der Waals surface area contributed by atoms with Crippen molar-refractivity contribution in [2.45, 2.75) is 76.4 Å².